The molecule has 0 spiro atoms. The molecule has 0 aromatic heterocycles. The predicted octanol–water partition coefficient (Wildman–Crippen LogP) is 3.48. The van der Waals surface area contributed by atoms with Crippen LogP contribution >= 0.6 is 15.9 Å². The summed E-state index contributed by atoms with van der Waals surface area (Å²) in [7, 11) is 0. The van der Waals surface area contributed by atoms with Gasteiger partial charge >= 0.3 is 6.18 Å². The van der Waals surface area contributed by atoms with Crippen molar-refractivity contribution < 1.29 is 22.8 Å². The van der Waals surface area contributed by atoms with Crippen LogP contribution in [-0.4, -0.2) is 23.3 Å². The number of nitrogens with zero attached hydrogens (tertiary/aromatic N) is 1. The number of benzene rings is 1. The number of imide groups is 1. The topological polar surface area (TPSA) is 37.4 Å². The average Bonchev–Trinajstić information content (AvgIpc) is 2.66. The van der Waals surface area contributed by atoms with Crippen LogP contribution in [0.2, 0.25) is 0 Å². The standard InChI is InChI=1S/C13H11BrF3NO2/c1-7-4-11(19)18(6-7)12(20)8-2-3-10(14)9(5-8)13(15,16)17/h2-3,5,7H,4,6H2,1H3. The van der Waals surface area contributed by atoms with Crippen LogP contribution in [-0.2, 0) is 11.0 Å². The fourth-order valence-corrected chi connectivity index (χ4v) is 2.59. The molecule has 0 bridgehead atoms. The van der Waals surface area contributed by atoms with Gasteiger partial charge in [0, 0.05) is 23.0 Å². The molecular weight excluding hydrogens is 339 g/mol. The summed E-state index contributed by atoms with van der Waals surface area (Å²) in [5.41, 5.74) is -1.06. The third-order valence-corrected chi connectivity index (χ3v) is 3.77. The van der Waals surface area contributed by atoms with Crippen molar-refractivity contribution in [2.45, 2.75) is 19.5 Å². The van der Waals surface area contributed by atoms with E-state index in [4.69, 9.17) is 0 Å². The van der Waals surface area contributed by atoms with E-state index in [9.17, 15) is 22.8 Å². The molecule has 3 nitrogen and oxygen atoms in total. The summed E-state index contributed by atoms with van der Waals surface area (Å²) < 4.78 is 38.2. The van der Waals surface area contributed by atoms with Gasteiger partial charge in [-0.1, -0.05) is 22.9 Å². The van der Waals surface area contributed by atoms with Crippen molar-refractivity contribution in [1.82, 2.24) is 4.90 Å². The third-order valence-electron chi connectivity index (χ3n) is 3.08. The number of rotatable bonds is 1. The van der Waals surface area contributed by atoms with Gasteiger partial charge in [-0.3, -0.25) is 14.5 Å². The Balaban J connectivity index is 2.34. The first kappa shape index (κ1) is 15.0. The van der Waals surface area contributed by atoms with E-state index in [1.54, 1.807) is 0 Å². The molecule has 7 heteroatoms. The Bertz CT molecular complexity index is 571. The molecule has 1 heterocycles. The van der Waals surface area contributed by atoms with Gasteiger partial charge < -0.3 is 0 Å². The van der Waals surface area contributed by atoms with Crippen LogP contribution in [0.4, 0.5) is 13.2 Å². The van der Waals surface area contributed by atoms with Gasteiger partial charge in [0.15, 0.2) is 0 Å². The maximum atomic E-state index is 12.8. The van der Waals surface area contributed by atoms with E-state index in [0.717, 1.165) is 11.0 Å². The zero-order valence-corrected chi connectivity index (χ0v) is 12.1. The molecule has 20 heavy (non-hydrogen) atoms. The molecule has 1 aromatic rings. The van der Waals surface area contributed by atoms with Gasteiger partial charge in [0.05, 0.1) is 5.56 Å². The van der Waals surface area contributed by atoms with Crippen LogP contribution in [0, 0.1) is 5.92 Å². The normalized spacial score (nSPS) is 19.6. The first-order chi connectivity index (χ1) is 9.20. The van der Waals surface area contributed by atoms with E-state index < -0.39 is 17.6 Å². The van der Waals surface area contributed by atoms with Crippen molar-refractivity contribution in [3.63, 3.8) is 0 Å². The smallest absolute Gasteiger partial charge is 0.278 e. The first-order valence-corrected chi connectivity index (χ1v) is 6.71. The number of likely N-dealkylation sites (tertiary alicyclic amines) is 1. The molecule has 0 aliphatic carbocycles. The minimum Gasteiger partial charge on any atom is -0.278 e. The number of hydrogen-bond donors (Lipinski definition) is 0. The van der Waals surface area contributed by atoms with Gasteiger partial charge in [0.25, 0.3) is 5.91 Å². The van der Waals surface area contributed by atoms with Crippen LogP contribution in [0.3, 0.4) is 0 Å². The molecule has 1 aliphatic heterocycles. The van der Waals surface area contributed by atoms with Crippen LogP contribution in [0.15, 0.2) is 22.7 Å². The van der Waals surface area contributed by atoms with E-state index in [2.05, 4.69) is 15.9 Å². The lowest BCUT2D eigenvalue weighted by Crippen LogP contribution is -2.32. The minimum absolute atomic E-state index is 0.0315. The van der Waals surface area contributed by atoms with Gasteiger partial charge in [-0.25, -0.2) is 0 Å². The molecule has 0 N–H and O–H groups in total. The maximum absolute atomic E-state index is 12.8. The predicted molar refractivity (Wildman–Crippen MR) is 69.0 cm³/mol. The monoisotopic (exact) mass is 349 g/mol. The van der Waals surface area contributed by atoms with Gasteiger partial charge in [0.1, 0.15) is 0 Å². The second-order valence-corrected chi connectivity index (χ2v) is 5.67. The number of hydrogen-bond acceptors (Lipinski definition) is 2. The molecule has 1 atom stereocenters. The van der Waals surface area contributed by atoms with Gasteiger partial charge in [-0.15, -0.1) is 0 Å². The fourth-order valence-electron chi connectivity index (χ4n) is 2.11. The highest BCUT2D eigenvalue weighted by Gasteiger charge is 2.36. The summed E-state index contributed by atoms with van der Waals surface area (Å²) in [6, 6.07) is 3.21. The Hall–Kier alpha value is -1.37. The molecule has 1 saturated heterocycles. The molecule has 2 rings (SSSR count). The highest BCUT2D eigenvalue weighted by Crippen LogP contribution is 2.35. The van der Waals surface area contributed by atoms with Crippen LogP contribution in [0.25, 0.3) is 0 Å². The quantitative estimate of drug-likeness (QED) is 0.728. The molecule has 0 saturated carbocycles. The van der Waals surface area contributed by atoms with Crippen molar-refractivity contribution in [2.75, 3.05) is 6.54 Å². The summed E-state index contributed by atoms with van der Waals surface area (Å²) in [5, 5.41) is 0. The summed E-state index contributed by atoms with van der Waals surface area (Å²) in [5.74, 6) is -1.000. The van der Waals surface area contributed by atoms with Crippen molar-refractivity contribution in [3.8, 4) is 0 Å². The number of amides is 2. The summed E-state index contributed by atoms with van der Waals surface area (Å²) in [4.78, 5) is 24.7. The highest BCUT2D eigenvalue weighted by atomic mass is 79.9. The zero-order chi connectivity index (χ0) is 15.1. The van der Waals surface area contributed by atoms with Gasteiger partial charge in [-0.05, 0) is 24.1 Å². The SMILES string of the molecule is CC1CC(=O)N(C(=O)c2ccc(Br)c(C(F)(F)F)c2)C1. The minimum atomic E-state index is -4.56. The molecule has 1 fully saturated rings. The Labute approximate surface area is 121 Å². The molecule has 0 radical (unpaired) electrons. The van der Waals surface area contributed by atoms with Gasteiger partial charge in [-0.2, -0.15) is 13.2 Å². The van der Waals surface area contributed by atoms with E-state index in [0.29, 0.717) is 0 Å². The zero-order valence-electron chi connectivity index (χ0n) is 10.5. The molecule has 108 valence electrons. The molecular formula is C13H11BrF3NO2. The number of carbonyl (C=O) groups excluding carboxylic acids is 2. The molecule has 2 amide bonds. The Morgan fingerprint density at radius 2 is 2.05 bits per heavy atom. The van der Waals surface area contributed by atoms with E-state index in [1.807, 2.05) is 6.92 Å². The van der Waals surface area contributed by atoms with E-state index in [1.165, 1.54) is 12.1 Å². The van der Waals surface area contributed by atoms with E-state index >= 15 is 0 Å². The Kier molecular flexibility index (Phi) is 3.90. The molecule has 1 unspecified atom stereocenters. The largest absolute Gasteiger partial charge is 0.417 e. The van der Waals surface area contributed by atoms with Crippen molar-refractivity contribution >= 4 is 27.7 Å². The summed E-state index contributed by atoms with van der Waals surface area (Å²) in [6.45, 7) is 2.06. The maximum Gasteiger partial charge on any atom is 0.417 e. The van der Waals surface area contributed by atoms with Crippen molar-refractivity contribution in [3.05, 3.63) is 33.8 Å². The fraction of sp³-hybridized carbons (Fsp3) is 0.385. The summed E-state index contributed by atoms with van der Waals surface area (Å²) in [6.07, 6.45) is -4.31. The van der Waals surface area contributed by atoms with Crippen molar-refractivity contribution in [2.24, 2.45) is 5.92 Å². The highest BCUT2D eigenvalue weighted by molar-refractivity contribution is 9.10. The van der Waals surface area contributed by atoms with Crippen molar-refractivity contribution in [1.29, 1.82) is 0 Å². The van der Waals surface area contributed by atoms with Crippen LogP contribution < -0.4 is 0 Å². The summed E-state index contributed by atoms with van der Waals surface area (Å²) >= 11 is 2.81. The Morgan fingerprint density at radius 3 is 2.55 bits per heavy atom. The number of alkyl halides is 3. The average molecular weight is 350 g/mol. The lowest BCUT2D eigenvalue weighted by molar-refractivity contribution is -0.138. The second kappa shape index (κ2) is 5.20. The molecule has 1 aliphatic rings. The van der Waals surface area contributed by atoms with E-state index in [-0.39, 0.29) is 34.8 Å². The third kappa shape index (κ3) is 2.87. The Morgan fingerprint density at radius 1 is 1.40 bits per heavy atom. The lowest BCUT2D eigenvalue weighted by Gasteiger charge is -2.16. The lowest BCUT2D eigenvalue weighted by atomic mass is 10.1. The number of carbonyl (C=O) groups is 2. The second-order valence-electron chi connectivity index (χ2n) is 4.81. The van der Waals surface area contributed by atoms with Gasteiger partial charge in [0.2, 0.25) is 5.91 Å². The number of halogens is 4. The van der Waals surface area contributed by atoms with Crippen LogP contribution in [0.5, 0.6) is 0 Å². The molecule has 1 aromatic carbocycles. The first-order valence-electron chi connectivity index (χ1n) is 5.91. The van der Waals surface area contributed by atoms with Crippen LogP contribution in [0.1, 0.15) is 29.3 Å².